The molecule has 0 aliphatic carbocycles. The first-order valence-electron chi connectivity index (χ1n) is 8.90. The van der Waals surface area contributed by atoms with E-state index in [4.69, 9.17) is 21.1 Å². The lowest BCUT2D eigenvalue weighted by Gasteiger charge is -2.17. The molecule has 30 heavy (non-hydrogen) atoms. The summed E-state index contributed by atoms with van der Waals surface area (Å²) in [4.78, 5) is 36.7. The quantitative estimate of drug-likeness (QED) is 0.430. The van der Waals surface area contributed by atoms with E-state index in [-0.39, 0.29) is 22.1 Å². The van der Waals surface area contributed by atoms with Crippen molar-refractivity contribution in [1.29, 1.82) is 0 Å². The van der Waals surface area contributed by atoms with E-state index in [1.807, 2.05) is 6.07 Å². The number of hydrogen-bond acceptors (Lipinski definition) is 6. The van der Waals surface area contributed by atoms with Crippen molar-refractivity contribution in [2.45, 2.75) is 13.0 Å². The Kier molecular flexibility index (Phi) is 6.27. The number of nitrogens with zero attached hydrogens (tertiary/aromatic N) is 1. The Morgan fingerprint density at radius 1 is 1.17 bits per heavy atom. The van der Waals surface area contributed by atoms with E-state index in [0.29, 0.717) is 11.3 Å². The Morgan fingerprint density at radius 2 is 1.87 bits per heavy atom. The van der Waals surface area contributed by atoms with Crippen LogP contribution in [0.5, 0.6) is 11.5 Å². The molecule has 2 aromatic carbocycles. The molecule has 1 heterocycles. The van der Waals surface area contributed by atoms with Crippen LogP contribution in [0.4, 0.5) is 5.69 Å². The predicted molar refractivity (Wildman–Crippen MR) is 110 cm³/mol. The fourth-order valence-electron chi connectivity index (χ4n) is 2.81. The van der Waals surface area contributed by atoms with Crippen LogP contribution < -0.4 is 19.9 Å². The first-order chi connectivity index (χ1) is 14.3. The van der Waals surface area contributed by atoms with Gasteiger partial charge in [0.1, 0.15) is 5.57 Å². The zero-order valence-corrected chi connectivity index (χ0v) is 17.2. The lowest BCUT2D eigenvalue weighted by atomic mass is 10.1. The molecule has 8 nitrogen and oxygen atoms in total. The van der Waals surface area contributed by atoms with Crippen LogP contribution in [0.25, 0.3) is 6.08 Å². The van der Waals surface area contributed by atoms with Crippen LogP contribution in [0.3, 0.4) is 0 Å². The summed E-state index contributed by atoms with van der Waals surface area (Å²) < 4.78 is 15.5. The van der Waals surface area contributed by atoms with Crippen molar-refractivity contribution >= 4 is 41.1 Å². The molecule has 0 aromatic heterocycles. The minimum Gasteiger partial charge on any atom is -0.493 e. The Bertz CT molecular complexity index is 1020. The van der Waals surface area contributed by atoms with Crippen LogP contribution in [0, 0.1) is 0 Å². The van der Waals surface area contributed by atoms with E-state index in [1.54, 1.807) is 30.3 Å². The number of methoxy groups -OCH3 is 2. The zero-order chi connectivity index (χ0) is 21.8. The molecule has 0 unspecified atom stereocenters. The van der Waals surface area contributed by atoms with Gasteiger partial charge in [-0.3, -0.25) is 15.0 Å². The molecule has 156 valence electrons. The van der Waals surface area contributed by atoms with E-state index in [2.05, 4.69) is 10.2 Å². The Labute approximate surface area is 177 Å². The molecule has 1 aliphatic rings. The van der Waals surface area contributed by atoms with Crippen molar-refractivity contribution in [2.24, 2.45) is 0 Å². The maximum absolute atomic E-state index is 12.7. The SMILES string of the molecule is COC(=O)[C@H](C)Oc1c(Cl)cc(/C=C2/C(=O)NN(c3ccccc3)C2=O)cc1OC. The number of hydrazine groups is 1. The Morgan fingerprint density at radius 3 is 2.50 bits per heavy atom. The van der Waals surface area contributed by atoms with E-state index in [1.165, 1.54) is 38.3 Å². The van der Waals surface area contributed by atoms with E-state index in [0.717, 1.165) is 0 Å². The standard InChI is InChI=1S/C21H19ClN2O6/c1-12(21(27)29-3)30-18-16(22)10-13(11-17(18)28-2)9-15-19(25)23-24(20(15)26)14-7-5-4-6-8-14/h4-12H,1-3H3,(H,23,25)/b15-9-/t12-/m0/s1. The molecule has 0 saturated carbocycles. The van der Waals surface area contributed by atoms with Crippen LogP contribution in [0.1, 0.15) is 12.5 Å². The van der Waals surface area contributed by atoms with E-state index >= 15 is 0 Å². The fourth-order valence-corrected chi connectivity index (χ4v) is 3.07. The summed E-state index contributed by atoms with van der Waals surface area (Å²) in [5.74, 6) is -1.24. The van der Waals surface area contributed by atoms with Crippen LogP contribution in [-0.2, 0) is 19.1 Å². The number of halogens is 1. The number of anilines is 1. The third kappa shape index (κ3) is 4.23. The first kappa shape index (κ1) is 21.2. The number of carbonyl (C=O) groups is 3. The molecular weight excluding hydrogens is 412 g/mol. The molecule has 2 aromatic rings. The first-order valence-corrected chi connectivity index (χ1v) is 9.27. The highest BCUT2D eigenvalue weighted by atomic mass is 35.5. The van der Waals surface area contributed by atoms with E-state index < -0.39 is 23.9 Å². The third-order valence-corrected chi connectivity index (χ3v) is 4.58. The van der Waals surface area contributed by atoms with Gasteiger partial charge in [-0.15, -0.1) is 0 Å². The van der Waals surface area contributed by atoms with Crippen LogP contribution in [-0.4, -0.2) is 38.1 Å². The zero-order valence-electron chi connectivity index (χ0n) is 16.5. The molecule has 0 spiro atoms. The number of rotatable bonds is 6. The minimum atomic E-state index is -0.910. The van der Waals surface area contributed by atoms with Gasteiger partial charge in [-0.2, -0.15) is 0 Å². The number of benzene rings is 2. The number of hydrogen-bond donors (Lipinski definition) is 1. The largest absolute Gasteiger partial charge is 0.493 e. The van der Waals surface area contributed by atoms with Gasteiger partial charge in [-0.25, -0.2) is 9.80 Å². The molecule has 0 bridgehead atoms. The topological polar surface area (TPSA) is 94.2 Å². The van der Waals surface area contributed by atoms with Gasteiger partial charge in [0.2, 0.25) is 0 Å². The number of esters is 1. The average molecular weight is 431 g/mol. The van der Waals surface area contributed by atoms with Crippen molar-refractivity contribution in [1.82, 2.24) is 5.43 Å². The average Bonchev–Trinajstić information content (AvgIpc) is 3.03. The van der Waals surface area contributed by atoms with Crippen molar-refractivity contribution in [3.8, 4) is 11.5 Å². The molecule has 1 aliphatic heterocycles. The molecule has 1 atom stereocenters. The summed E-state index contributed by atoms with van der Waals surface area (Å²) in [5, 5.41) is 1.31. The maximum atomic E-state index is 12.7. The van der Waals surface area contributed by atoms with Gasteiger partial charge in [0, 0.05) is 0 Å². The molecule has 2 amide bonds. The molecule has 0 radical (unpaired) electrons. The molecular formula is C21H19ClN2O6. The number of nitrogens with one attached hydrogen (secondary N) is 1. The molecule has 9 heteroatoms. The van der Waals surface area contributed by atoms with Crippen molar-refractivity contribution < 1.29 is 28.6 Å². The van der Waals surface area contributed by atoms with Crippen molar-refractivity contribution in [3.05, 3.63) is 58.6 Å². The lowest BCUT2D eigenvalue weighted by molar-refractivity contribution is -0.148. The fraction of sp³-hybridized carbons (Fsp3) is 0.190. The van der Waals surface area contributed by atoms with Gasteiger partial charge in [-0.05, 0) is 42.8 Å². The normalized spacial score (nSPS) is 15.7. The molecule has 3 rings (SSSR count). The summed E-state index contributed by atoms with van der Waals surface area (Å²) in [7, 11) is 2.65. The molecule has 1 saturated heterocycles. The third-order valence-electron chi connectivity index (χ3n) is 4.30. The molecule has 1 fully saturated rings. The van der Waals surface area contributed by atoms with Gasteiger partial charge >= 0.3 is 5.97 Å². The van der Waals surface area contributed by atoms with Crippen LogP contribution in [0.2, 0.25) is 5.02 Å². The summed E-state index contributed by atoms with van der Waals surface area (Å²) in [6.45, 7) is 1.51. The smallest absolute Gasteiger partial charge is 0.346 e. The van der Waals surface area contributed by atoms with Gasteiger partial charge in [0.25, 0.3) is 11.8 Å². The minimum absolute atomic E-state index is 0.0615. The lowest BCUT2D eigenvalue weighted by Crippen LogP contribution is -2.35. The van der Waals surface area contributed by atoms with Gasteiger partial charge in [0.05, 0.1) is 24.9 Å². The predicted octanol–water partition coefficient (Wildman–Crippen LogP) is 2.75. The van der Waals surface area contributed by atoms with Crippen LogP contribution >= 0.6 is 11.6 Å². The number of amides is 2. The number of ether oxygens (including phenoxy) is 3. The highest BCUT2D eigenvalue weighted by molar-refractivity contribution is 6.33. The highest BCUT2D eigenvalue weighted by Gasteiger charge is 2.34. The monoisotopic (exact) mass is 430 g/mol. The second-order valence-electron chi connectivity index (χ2n) is 6.29. The highest BCUT2D eigenvalue weighted by Crippen LogP contribution is 2.38. The maximum Gasteiger partial charge on any atom is 0.346 e. The van der Waals surface area contributed by atoms with E-state index in [9.17, 15) is 14.4 Å². The van der Waals surface area contributed by atoms with Crippen LogP contribution in [0.15, 0.2) is 48.0 Å². The Hall–Kier alpha value is -3.52. The van der Waals surface area contributed by atoms with Gasteiger partial charge < -0.3 is 14.2 Å². The van der Waals surface area contributed by atoms with Crippen molar-refractivity contribution in [3.63, 3.8) is 0 Å². The van der Waals surface area contributed by atoms with Gasteiger partial charge in [0.15, 0.2) is 17.6 Å². The number of carbonyl (C=O) groups excluding carboxylic acids is 3. The molecule has 1 N–H and O–H groups in total. The van der Waals surface area contributed by atoms with Crippen molar-refractivity contribution in [2.75, 3.05) is 19.2 Å². The summed E-state index contributed by atoms with van der Waals surface area (Å²) in [5.41, 5.74) is 3.45. The Balaban J connectivity index is 1.92. The summed E-state index contributed by atoms with van der Waals surface area (Å²) in [6, 6.07) is 11.8. The number of para-hydroxylation sites is 1. The summed E-state index contributed by atoms with van der Waals surface area (Å²) in [6.07, 6.45) is 0.495. The van der Waals surface area contributed by atoms with Gasteiger partial charge in [-0.1, -0.05) is 29.8 Å². The summed E-state index contributed by atoms with van der Waals surface area (Å²) >= 11 is 6.31. The second kappa shape index (κ2) is 8.87. The second-order valence-corrected chi connectivity index (χ2v) is 6.70.